The molecule has 3 aromatic rings. The van der Waals surface area contributed by atoms with E-state index in [4.69, 9.17) is 0 Å². The Morgan fingerprint density at radius 3 is 2.50 bits per heavy atom. The van der Waals surface area contributed by atoms with E-state index in [2.05, 4.69) is 4.98 Å². The van der Waals surface area contributed by atoms with E-state index in [1.807, 2.05) is 29.2 Å². The number of carboxylic acid groups (broad SMARTS) is 1. The van der Waals surface area contributed by atoms with Gasteiger partial charge < -0.3 is 5.11 Å². The first kappa shape index (κ1) is 20.3. The molecule has 4 nitrogen and oxygen atoms in total. The van der Waals surface area contributed by atoms with Crippen molar-refractivity contribution in [3.05, 3.63) is 77.6 Å². The third-order valence-corrected chi connectivity index (χ3v) is 5.79. The Kier molecular flexibility index (Phi) is 5.47. The zero-order valence-corrected chi connectivity index (χ0v) is 16.1. The fourth-order valence-corrected chi connectivity index (χ4v) is 4.26. The first-order valence-electron chi connectivity index (χ1n) is 9.81. The van der Waals surface area contributed by atoms with Gasteiger partial charge in [0.15, 0.2) is 0 Å². The van der Waals surface area contributed by atoms with Crippen molar-refractivity contribution in [2.45, 2.75) is 25.1 Å². The monoisotopic (exact) mass is 414 g/mol. The maximum atomic E-state index is 13.8. The second kappa shape index (κ2) is 8.07. The average Bonchev–Trinajstić information content (AvgIpc) is 2.74. The van der Waals surface area contributed by atoms with Gasteiger partial charge >= 0.3 is 12.1 Å². The molecule has 1 N–H and O–H groups in total. The Morgan fingerprint density at radius 1 is 1.07 bits per heavy atom. The maximum Gasteiger partial charge on any atom is 0.416 e. The highest BCUT2D eigenvalue weighted by Gasteiger charge is 2.38. The lowest BCUT2D eigenvalue weighted by atomic mass is 9.88. The zero-order valence-electron chi connectivity index (χ0n) is 16.1. The number of pyridine rings is 1. The molecule has 1 aromatic heterocycles. The summed E-state index contributed by atoms with van der Waals surface area (Å²) < 4.78 is 41.4. The molecule has 156 valence electrons. The van der Waals surface area contributed by atoms with Crippen LogP contribution in [0.5, 0.6) is 0 Å². The number of carbonyl (C=O) groups is 1. The second-order valence-corrected chi connectivity index (χ2v) is 7.62. The zero-order chi connectivity index (χ0) is 21.3. The van der Waals surface area contributed by atoms with Crippen LogP contribution >= 0.6 is 0 Å². The number of carboxylic acids is 1. The number of nitrogens with zero attached hydrogens (tertiary/aromatic N) is 2. The van der Waals surface area contributed by atoms with Gasteiger partial charge in [-0.15, -0.1) is 0 Å². The lowest BCUT2D eigenvalue weighted by Crippen LogP contribution is -2.39. The highest BCUT2D eigenvalue weighted by atomic mass is 19.4. The van der Waals surface area contributed by atoms with Gasteiger partial charge in [-0.05, 0) is 60.6 Å². The molecule has 1 atom stereocenters. The minimum Gasteiger partial charge on any atom is -0.481 e. The number of fused-ring (bicyclic) bond motifs is 1. The van der Waals surface area contributed by atoms with Gasteiger partial charge in [0, 0.05) is 17.8 Å². The molecule has 7 heteroatoms. The van der Waals surface area contributed by atoms with Gasteiger partial charge in [-0.2, -0.15) is 13.2 Å². The summed E-state index contributed by atoms with van der Waals surface area (Å²) in [6.07, 6.45) is -0.275. The van der Waals surface area contributed by atoms with Crippen LogP contribution in [-0.4, -0.2) is 34.0 Å². The van der Waals surface area contributed by atoms with Gasteiger partial charge in [-0.3, -0.25) is 14.7 Å². The quantitative estimate of drug-likeness (QED) is 0.642. The van der Waals surface area contributed by atoms with Crippen LogP contribution in [0.25, 0.3) is 10.8 Å². The molecule has 0 aliphatic carbocycles. The summed E-state index contributed by atoms with van der Waals surface area (Å²) in [6, 6.07) is 12.5. The van der Waals surface area contributed by atoms with Crippen LogP contribution in [-0.2, 0) is 11.0 Å². The highest BCUT2D eigenvalue weighted by molar-refractivity contribution is 5.82. The fourth-order valence-electron chi connectivity index (χ4n) is 4.26. The lowest BCUT2D eigenvalue weighted by Gasteiger charge is -2.38. The molecule has 0 radical (unpaired) electrons. The van der Waals surface area contributed by atoms with Crippen molar-refractivity contribution in [1.29, 1.82) is 0 Å². The number of piperidine rings is 1. The third kappa shape index (κ3) is 4.03. The SMILES string of the molecule is O=C(O)C1CCN(C(c2ccc3cnccc3c2)c2ccccc2C(F)(F)F)CC1. The summed E-state index contributed by atoms with van der Waals surface area (Å²) in [5.41, 5.74) is 0.275. The largest absolute Gasteiger partial charge is 0.481 e. The molecule has 1 fully saturated rings. The van der Waals surface area contributed by atoms with Crippen molar-refractivity contribution in [3.63, 3.8) is 0 Å². The van der Waals surface area contributed by atoms with Crippen molar-refractivity contribution in [1.82, 2.24) is 9.88 Å². The number of rotatable bonds is 4. The minimum atomic E-state index is -4.48. The number of alkyl halides is 3. The summed E-state index contributed by atoms with van der Waals surface area (Å²) in [7, 11) is 0. The first-order chi connectivity index (χ1) is 14.3. The number of benzene rings is 2. The third-order valence-electron chi connectivity index (χ3n) is 5.79. The van der Waals surface area contributed by atoms with Crippen molar-refractivity contribution in [3.8, 4) is 0 Å². The number of aliphatic carboxylic acids is 1. The number of likely N-dealkylation sites (tertiary alicyclic amines) is 1. The molecule has 1 aliphatic rings. The summed E-state index contributed by atoms with van der Waals surface area (Å²) in [5.74, 6) is -1.30. The average molecular weight is 414 g/mol. The molecule has 30 heavy (non-hydrogen) atoms. The van der Waals surface area contributed by atoms with Gasteiger partial charge in [0.1, 0.15) is 0 Å². The van der Waals surface area contributed by atoms with Crippen molar-refractivity contribution < 1.29 is 23.1 Å². The van der Waals surface area contributed by atoms with Gasteiger partial charge in [-0.1, -0.05) is 30.3 Å². The molecular formula is C23H21F3N2O2. The lowest BCUT2D eigenvalue weighted by molar-refractivity contribution is -0.143. The predicted molar refractivity (Wildman–Crippen MR) is 107 cm³/mol. The smallest absolute Gasteiger partial charge is 0.416 e. The topological polar surface area (TPSA) is 53.4 Å². The van der Waals surface area contributed by atoms with Crippen molar-refractivity contribution in [2.75, 3.05) is 13.1 Å². The molecule has 1 saturated heterocycles. The number of halogens is 3. The Labute approximate surface area is 172 Å². The number of aromatic nitrogens is 1. The number of hydrogen-bond acceptors (Lipinski definition) is 3. The van der Waals surface area contributed by atoms with Crippen LogP contribution in [0.3, 0.4) is 0 Å². The minimum absolute atomic E-state index is 0.187. The van der Waals surface area contributed by atoms with Crippen LogP contribution in [0.1, 0.15) is 35.6 Å². The van der Waals surface area contributed by atoms with E-state index in [9.17, 15) is 23.1 Å². The molecule has 2 aromatic carbocycles. The molecular weight excluding hydrogens is 393 g/mol. The molecule has 0 spiro atoms. The molecule has 0 saturated carbocycles. The standard InChI is InChI=1S/C23H21F3N2O2/c24-23(25,26)20-4-2-1-3-19(20)21(28-11-8-15(9-12-28)22(29)30)17-5-6-18-14-27-10-7-16(18)13-17/h1-7,10,13-15,21H,8-9,11-12H2,(H,29,30). The van der Waals surface area contributed by atoms with Gasteiger partial charge in [0.2, 0.25) is 0 Å². The Bertz CT molecular complexity index is 1060. The van der Waals surface area contributed by atoms with E-state index in [0.29, 0.717) is 25.9 Å². The van der Waals surface area contributed by atoms with Crippen LogP contribution in [0.2, 0.25) is 0 Å². The highest BCUT2D eigenvalue weighted by Crippen LogP contribution is 2.40. The van der Waals surface area contributed by atoms with Gasteiger partial charge in [-0.25, -0.2) is 0 Å². The van der Waals surface area contributed by atoms with Gasteiger partial charge in [0.05, 0.1) is 17.5 Å². The van der Waals surface area contributed by atoms with Crippen LogP contribution < -0.4 is 0 Å². The predicted octanol–water partition coefficient (Wildman–Crippen LogP) is 5.14. The second-order valence-electron chi connectivity index (χ2n) is 7.62. The summed E-state index contributed by atoms with van der Waals surface area (Å²) in [6.45, 7) is 0.838. The van der Waals surface area contributed by atoms with Crippen molar-refractivity contribution in [2.24, 2.45) is 5.92 Å². The van der Waals surface area contributed by atoms with Gasteiger partial charge in [0.25, 0.3) is 0 Å². The summed E-state index contributed by atoms with van der Waals surface area (Å²) in [4.78, 5) is 17.4. The summed E-state index contributed by atoms with van der Waals surface area (Å²) in [5, 5.41) is 11.1. The number of hydrogen-bond donors (Lipinski definition) is 1. The molecule has 1 aliphatic heterocycles. The maximum absolute atomic E-state index is 13.8. The first-order valence-corrected chi connectivity index (χ1v) is 9.81. The van der Waals surface area contributed by atoms with E-state index in [1.54, 1.807) is 18.5 Å². The fraction of sp³-hybridized carbons (Fsp3) is 0.304. The van der Waals surface area contributed by atoms with Crippen LogP contribution in [0, 0.1) is 5.92 Å². The van der Waals surface area contributed by atoms with E-state index < -0.39 is 29.7 Å². The Balaban J connectivity index is 1.81. The molecule has 1 unspecified atom stereocenters. The normalized spacial score (nSPS) is 17.2. The Morgan fingerprint density at radius 2 is 1.80 bits per heavy atom. The van der Waals surface area contributed by atoms with E-state index in [-0.39, 0.29) is 5.56 Å². The summed E-state index contributed by atoms with van der Waals surface area (Å²) >= 11 is 0. The molecule has 0 bridgehead atoms. The van der Waals surface area contributed by atoms with E-state index in [1.165, 1.54) is 12.1 Å². The Hall–Kier alpha value is -2.93. The van der Waals surface area contributed by atoms with E-state index >= 15 is 0 Å². The molecule has 4 rings (SSSR count). The van der Waals surface area contributed by atoms with Crippen LogP contribution in [0.15, 0.2) is 60.9 Å². The van der Waals surface area contributed by atoms with Crippen molar-refractivity contribution >= 4 is 16.7 Å². The van der Waals surface area contributed by atoms with Crippen LogP contribution in [0.4, 0.5) is 13.2 Å². The molecule has 0 amide bonds. The van der Waals surface area contributed by atoms with E-state index in [0.717, 1.165) is 22.4 Å². The molecule has 2 heterocycles.